The molecule has 1 heterocycles. The number of likely N-dealkylation sites (N-methyl/N-ethyl adjacent to an activating group) is 1. The molecule has 0 atom stereocenters. The van der Waals surface area contributed by atoms with E-state index in [9.17, 15) is 0 Å². The van der Waals surface area contributed by atoms with Crippen LogP contribution in [0.3, 0.4) is 0 Å². The number of methoxy groups -OCH3 is 1. The van der Waals surface area contributed by atoms with Gasteiger partial charge in [0.2, 0.25) is 0 Å². The van der Waals surface area contributed by atoms with Crippen LogP contribution >= 0.6 is 11.5 Å². The smallest absolute Gasteiger partial charge is 0.299 e. The average molecular weight is 398 g/mol. The number of aryl methyl sites for hydroxylation is 2. The largest absolute Gasteiger partial charge is 0.493 e. The van der Waals surface area contributed by atoms with Crippen LogP contribution in [0.1, 0.15) is 23.6 Å². The molecule has 3 aromatic rings. The minimum absolute atomic E-state index is 0.506. The van der Waals surface area contributed by atoms with Gasteiger partial charge in [0.05, 0.1) is 7.11 Å². The third kappa shape index (κ3) is 4.88. The molecule has 2 aromatic carbocycles. The van der Waals surface area contributed by atoms with E-state index in [1.54, 1.807) is 7.11 Å². The van der Waals surface area contributed by atoms with Crippen molar-refractivity contribution >= 4 is 11.5 Å². The maximum atomic E-state index is 6.02. The molecule has 5 nitrogen and oxygen atoms in total. The Kier molecular flexibility index (Phi) is 6.65. The van der Waals surface area contributed by atoms with Crippen LogP contribution in [0.25, 0.3) is 11.4 Å². The molecule has 0 saturated carbocycles. The highest BCUT2D eigenvalue weighted by atomic mass is 32.1. The highest BCUT2D eigenvalue weighted by Crippen LogP contribution is 2.36. The van der Waals surface area contributed by atoms with Crippen LogP contribution < -0.4 is 9.47 Å². The van der Waals surface area contributed by atoms with Crippen molar-refractivity contribution in [2.24, 2.45) is 0 Å². The first-order chi connectivity index (χ1) is 13.5. The topological polar surface area (TPSA) is 47.5 Å². The first kappa shape index (κ1) is 20.3. The molecule has 28 heavy (non-hydrogen) atoms. The van der Waals surface area contributed by atoms with Crippen LogP contribution in [-0.4, -0.2) is 41.5 Å². The van der Waals surface area contributed by atoms with Crippen LogP contribution in [0.15, 0.2) is 36.4 Å². The summed E-state index contributed by atoms with van der Waals surface area (Å²) in [4.78, 5) is 6.82. The SMILES string of the molecule is CCN(C)CCc1cc(OC)c(Oc2nc(-c3ccc(C)cc3)ns2)cc1C. The minimum Gasteiger partial charge on any atom is -0.493 e. The van der Waals surface area contributed by atoms with E-state index in [-0.39, 0.29) is 0 Å². The van der Waals surface area contributed by atoms with Crippen molar-refractivity contribution in [3.05, 3.63) is 53.1 Å². The summed E-state index contributed by atoms with van der Waals surface area (Å²) < 4.78 is 16.0. The molecule has 0 aliphatic rings. The van der Waals surface area contributed by atoms with Crippen LogP contribution in [0, 0.1) is 13.8 Å². The van der Waals surface area contributed by atoms with Gasteiger partial charge in [-0.3, -0.25) is 0 Å². The van der Waals surface area contributed by atoms with Gasteiger partial charge in [0.25, 0.3) is 5.19 Å². The predicted molar refractivity (Wildman–Crippen MR) is 115 cm³/mol. The quantitative estimate of drug-likeness (QED) is 0.528. The third-order valence-electron chi connectivity index (χ3n) is 4.84. The molecular weight excluding hydrogens is 370 g/mol. The zero-order valence-electron chi connectivity index (χ0n) is 17.2. The Labute approximate surface area is 171 Å². The van der Waals surface area contributed by atoms with Gasteiger partial charge < -0.3 is 14.4 Å². The van der Waals surface area contributed by atoms with Crippen molar-refractivity contribution in [1.29, 1.82) is 0 Å². The Balaban J connectivity index is 1.78. The Hall–Kier alpha value is -2.44. The molecule has 148 valence electrons. The number of ether oxygens (including phenoxy) is 2. The van der Waals surface area contributed by atoms with Gasteiger partial charge in [-0.05, 0) is 57.1 Å². The maximum Gasteiger partial charge on any atom is 0.299 e. The van der Waals surface area contributed by atoms with E-state index in [2.05, 4.69) is 60.3 Å². The fourth-order valence-electron chi connectivity index (χ4n) is 2.85. The molecule has 0 spiro atoms. The van der Waals surface area contributed by atoms with E-state index in [0.29, 0.717) is 22.5 Å². The lowest BCUT2D eigenvalue weighted by atomic mass is 10.0. The van der Waals surface area contributed by atoms with Gasteiger partial charge >= 0.3 is 0 Å². The Morgan fingerprint density at radius 1 is 1.07 bits per heavy atom. The molecule has 0 fully saturated rings. The molecule has 0 bridgehead atoms. The number of nitrogens with zero attached hydrogens (tertiary/aromatic N) is 3. The minimum atomic E-state index is 0.506. The molecule has 0 aliphatic carbocycles. The number of benzene rings is 2. The second-order valence-electron chi connectivity index (χ2n) is 6.93. The third-order valence-corrected chi connectivity index (χ3v) is 5.43. The lowest BCUT2D eigenvalue weighted by Gasteiger charge is -2.16. The van der Waals surface area contributed by atoms with E-state index >= 15 is 0 Å². The number of rotatable bonds is 8. The molecule has 0 unspecified atom stereocenters. The fraction of sp³-hybridized carbons (Fsp3) is 0.364. The summed E-state index contributed by atoms with van der Waals surface area (Å²) in [6.07, 6.45) is 0.975. The van der Waals surface area contributed by atoms with E-state index < -0.39 is 0 Å². The van der Waals surface area contributed by atoms with Gasteiger partial charge in [0.15, 0.2) is 17.3 Å². The first-order valence-corrected chi connectivity index (χ1v) is 10.2. The van der Waals surface area contributed by atoms with Gasteiger partial charge in [-0.2, -0.15) is 9.36 Å². The lowest BCUT2D eigenvalue weighted by molar-refractivity contribution is 0.355. The normalized spacial score (nSPS) is 11.1. The number of aromatic nitrogens is 2. The summed E-state index contributed by atoms with van der Waals surface area (Å²) in [7, 11) is 3.79. The van der Waals surface area contributed by atoms with E-state index in [4.69, 9.17) is 9.47 Å². The second kappa shape index (κ2) is 9.17. The average Bonchev–Trinajstić information content (AvgIpc) is 3.16. The summed E-state index contributed by atoms with van der Waals surface area (Å²) in [5, 5.41) is 0.506. The summed E-state index contributed by atoms with van der Waals surface area (Å²) >= 11 is 1.24. The van der Waals surface area contributed by atoms with Crippen molar-refractivity contribution in [2.75, 3.05) is 27.2 Å². The van der Waals surface area contributed by atoms with E-state index in [0.717, 1.165) is 25.1 Å². The van der Waals surface area contributed by atoms with Crippen molar-refractivity contribution in [3.63, 3.8) is 0 Å². The molecule has 0 saturated heterocycles. The monoisotopic (exact) mass is 397 g/mol. The summed E-state index contributed by atoms with van der Waals surface area (Å²) in [6, 6.07) is 12.2. The van der Waals surface area contributed by atoms with Gasteiger partial charge in [-0.1, -0.05) is 36.8 Å². The molecule has 6 heteroatoms. The van der Waals surface area contributed by atoms with Crippen molar-refractivity contribution in [1.82, 2.24) is 14.3 Å². The Morgan fingerprint density at radius 3 is 2.50 bits per heavy atom. The summed E-state index contributed by atoms with van der Waals surface area (Å²) in [5.74, 6) is 2.06. The molecule has 3 rings (SSSR count). The summed E-state index contributed by atoms with van der Waals surface area (Å²) in [5.41, 5.74) is 4.64. The zero-order chi connectivity index (χ0) is 20.1. The van der Waals surface area contributed by atoms with Crippen molar-refractivity contribution in [3.8, 4) is 28.1 Å². The zero-order valence-corrected chi connectivity index (χ0v) is 18.0. The fourth-order valence-corrected chi connectivity index (χ4v) is 3.41. The molecule has 0 radical (unpaired) electrons. The number of hydrogen-bond donors (Lipinski definition) is 0. The van der Waals surface area contributed by atoms with Crippen LogP contribution in [-0.2, 0) is 6.42 Å². The van der Waals surface area contributed by atoms with Gasteiger partial charge in [-0.15, -0.1) is 0 Å². The first-order valence-electron chi connectivity index (χ1n) is 9.44. The summed E-state index contributed by atoms with van der Waals surface area (Å²) in [6.45, 7) is 8.38. The van der Waals surface area contributed by atoms with Gasteiger partial charge in [0, 0.05) is 23.6 Å². The molecule has 1 aromatic heterocycles. The maximum absolute atomic E-state index is 6.02. The van der Waals surface area contributed by atoms with E-state index in [1.807, 2.05) is 18.2 Å². The van der Waals surface area contributed by atoms with Gasteiger partial charge in [-0.25, -0.2) is 0 Å². The highest BCUT2D eigenvalue weighted by Gasteiger charge is 2.14. The predicted octanol–water partition coefficient (Wildman–Crippen LogP) is 5.12. The van der Waals surface area contributed by atoms with Crippen molar-refractivity contribution < 1.29 is 9.47 Å². The molecule has 0 amide bonds. The van der Waals surface area contributed by atoms with Crippen molar-refractivity contribution in [2.45, 2.75) is 27.2 Å². The Bertz CT molecular complexity index is 922. The molecular formula is C22H27N3O2S. The van der Waals surface area contributed by atoms with Crippen LogP contribution in [0.5, 0.6) is 16.7 Å². The number of hydrogen-bond acceptors (Lipinski definition) is 6. The highest BCUT2D eigenvalue weighted by molar-refractivity contribution is 7.07. The lowest BCUT2D eigenvalue weighted by Crippen LogP contribution is -2.20. The van der Waals surface area contributed by atoms with E-state index in [1.165, 1.54) is 28.2 Å². The van der Waals surface area contributed by atoms with Crippen LogP contribution in [0.2, 0.25) is 0 Å². The van der Waals surface area contributed by atoms with Crippen LogP contribution in [0.4, 0.5) is 0 Å². The second-order valence-corrected chi connectivity index (χ2v) is 7.64. The van der Waals surface area contributed by atoms with Gasteiger partial charge in [0.1, 0.15) is 0 Å². The molecule has 0 aliphatic heterocycles. The standard InChI is InChI=1S/C22H27N3O2S/c1-6-25(4)12-11-18-14-19(26-5)20(13-16(18)3)27-22-23-21(24-28-22)17-9-7-15(2)8-10-17/h7-10,13-14H,6,11-12H2,1-5H3. The molecule has 0 N–H and O–H groups in total. The Morgan fingerprint density at radius 2 is 1.82 bits per heavy atom.